The number of alkyl halides is 2. The third-order valence-electron chi connectivity index (χ3n) is 6.98. The van der Waals surface area contributed by atoms with Gasteiger partial charge in [-0.15, -0.1) is 0 Å². The van der Waals surface area contributed by atoms with Crippen LogP contribution in [0, 0.1) is 18.6 Å². The van der Waals surface area contributed by atoms with Crippen molar-refractivity contribution in [3.05, 3.63) is 108 Å². The third-order valence-corrected chi connectivity index (χ3v) is 8.33. The Labute approximate surface area is 269 Å². The van der Waals surface area contributed by atoms with Crippen molar-refractivity contribution in [2.24, 2.45) is 0 Å². The lowest BCUT2D eigenvalue weighted by Crippen LogP contribution is -2.15. The highest BCUT2D eigenvalue weighted by Crippen LogP contribution is 2.34. The summed E-state index contributed by atoms with van der Waals surface area (Å²) in [4.78, 5) is 24.2. The quantitative estimate of drug-likeness (QED) is 0.113. The molecule has 4 N–H and O–H groups in total. The van der Waals surface area contributed by atoms with Gasteiger partial charge in [0.05, 0.1) is 35.0 Å². The monoisotopic (exact) mass is 681 g/mol. The van der Waals surface area contributed by atoms with Gasteiger partial charge >= 0.3 is 0 Å². The summed E-state index contributed by atoms with van der Waals surface area (Å²) in [5, 5.41) is 4.56. The lowest BCUT2D eigenvalue weighted by Gasteiger charge is -2.14. The van der Waals surface area contributed by atoms with Crippen molar-refractivity contribution >= 4 is 38.2 Å². The van der Waals surface area contributed by atoms with Crippen molar-refractivity contribution in [2.75, 3.05) is 17.1 Å². The fraction of sp³-hybridized carbons (Fsp3) is 0.0968. The van der Waals surface area contributed by atoms with Crippen LogP contribution in [-0.2, 0) is 10.0 Å². The lowest BCUT2D eigenvalue weighted by molar-refractivity contribution is 0.0823. The number of benzene rings is 2. The van der Waals surface area contributed by atoms with Crippen LogP contribution in [-0.4, -0.2) is 52.0 Å². The molecule has 4 aromatic heterocycles. The molecule has 0 radical (unpaired) electrons. The Kier molecular flexibility index (Phi) is 8.45. The second-order valence-corrected chi connectivity index (χ2v) is 11.9. The van der Waals surface area contributed by atoms with E-state index in [-0.39, 0.29) is 44.8 Å². The first-order valence-electron chi connectivity index (χ1n) is 13.9. The standard InChI is InChI=1S/C31H23F4N7O5S/c1-16-8-28(47-30-20(32)5-2-6-21(30)33)38-14-25(16)42-31(36)19(13-39-42)29(43)24-9-17-10-26(46-15-27(34)35)23(11-22(17)40-24)41-48(44,45)18-4-3-7-37-12-18/h2-14,27,40-41H,15,36H2,1H3. The number of sulfonamides is 1. The van der Waals surface area contributed by atoms with E-state index in [4.69, 9.17) is 15.2 Å². The summed E-state index contributed by atoms with van der Waals surface area (Å²) in [6, 6.07) is 11.4. The Morgan fingerprint density at radius 1 is 1.06 bits per heavy atom. The number of fused-ring (bicyclic) bond motifs is 1. The Balaban J connectivity index is 1.29. The molecule has 0 spiro atoms. The molecule has 12 nitrogen and oxygen atoms in total. The van der Waals surface area contributed by atoms with Crippen LogP contribution in [0.25, 0.3) is 16.6 Å². The number of hydrogen-bond donors (Lipinski definition) is 3. The predicted octanol–water partition coefficient (Wildman–Crippen LogP) is 5.78. The Bertz CT molecular complexity index is 2260. The maximum Gasteiger partial charge on any atom is 0.272 e. The van der Waals surface area contributed by atoms with Crippen LogP contribution in [0.4, 0.5) is 29.1 Å². The van der Waals surface area contributed by atoms with Gasteiger partial charge in [0.15, 0.2) is 11.6 Å². The largest absolute Gasteiger partial charge is 0.485 e. The van der Waals surface area contributed by atoms with E-state index in [1.54, 1.807) is 6.92 Å². The number of nitrogen functional groups attached to an aromatic ring is 1. The number of nitrogens with zero attached hydrogens (tertiary/aromatic N) is 4. The molecule has 48 heavy (non-hydrogen) atoms. The molecule has 0 fully saturated rings. The third kappa shape index (κ3) is 6.35. The normalized spacial score (nSPS) is 11.6. The zero-order valence-electron chi connectivity index (χ0n) is 24.6. The van der Waals surface area contributed by atoms with Crippen LogP contribution in [0.1, 0.15) is 21.6 Å². The Morgan fingerprint density at radius 2 is 1.83 bits per heavy atom. The molecule has 0 bridgehead atoms. The molecular formula is C31H23F4N7O5S. The van der Waals surface area contributed by atoms with Crippen LogP contribution in [0.2, 0.25) is 0 Å². The van der Waals surface area contributed by atoms with Crippen molar-refractivity contribution in [2.45, 2.75) is 18.2 Å². The van der Waals surface area contributed by atoms with Gasteiger partial charge in [-0.1, -0.05) is 6.07 Å². The zero-order valence-corrected chi connectivity index (χ0v) is 25.4. The highest BCUT2D eigenvalue weighted by atomic mass is 32.2. The number of rotatable bonds is 11. The molecule has 246 valence electrons. The summed E-state index contributed by atoms with van der Waals surface area (Å²) in [5.74, 6) is -3.39. The van der Waals surface area contributed by atoms with Gasteiger partial charge < -0.3 is 20.2 Å². The summed E-state index contributed by atoms with van der Waals surface area (Å²) < 4.78 is 94.1. The minimum Gasteiger partial charge on any atom is -0.485 e. The number of halogens is 4. The molecule has 0 unspecified atom stereocenters. The molecule has 0 saturated carbocycles. The van der Waals surface area contributed by atoms with E-state index in [0.29, 0.717) is 16.6 Å². The number of H-pyrrole nitrogens is 1. The molecule has 0 amide bonds. The van der Waals surface area contributed by atoms with Crippen LogP contribution in [0.5, 0.6) is 17.4 Å². The molecule has 0 atom stereocenters. The topological polar surface area (TPSA) is 167 Å². The van der Waals surface area contributed by atoms with E-state index in [2.05, 4.69) is 24.8 Å². The molecule has 0 aliphatic rings. The number of carbonyl (C=O) groups excluding carboxylic acids is 1. The number of hydrogen-bond acceptors (Lipinski definition) is 9. The van der Waals surface area contributed by atoms with E-state index in [1.165, 1.54) is 65.7 Å². The number of aryl methyl sites for hydroxylation is 1. The van der Waals surface area contributed by atoms with E-state index in [0.717, 1.165) is 18.3 Å². The molecule has 17 heteroatoms. The molecule has 0 aliphatic carbocycles. The average Bonchev–Trinajstić information content (AvgIpc) is 3.64. The molecule has 0 saturated heterocycles. The lowest BCUT2D eigenvalue weighted by atomic mass is 10.1. The number of aromatic nitrogens is 5. The minimum atomic E-state index is -4.19. The van der Waals surface area contributed by atoms with Crippen molar-refractivity contribution in [3.8, 4) is 23.1 Å². The number of ether oxygens (including phenoxy) is 2. The number of ketones is 1. The van der Waals surface area contributed by atoms with Crippen LogP contribution >= 0.6 is 0 Å². The Hall–Kier alpha value is -5.97. The van der Waals surface area contributed by atoms with Crippen molar-refractivity contribution in [1.82, 2.24) is 24.7 Å². The van der Waals surface area contributed by atoms with Gasteiger partial charge in [-0.2, -0.15) is 5.10 Å². The number of pyridine rings is 2. The first-order chi connectivity index (χ1) is 22.9. The summed E-state index contributed by atoms with van der Waals surface area (Å²) >= 11 is 0. The van der Waals surface area contributed by atoms with Crippen molar-refractivity contribution < 1.29 is 40.2 Å². The number of carbonyl (C=O) groups is 1. The van der Waals surface area contributed by atoms with Crippen molar-refractivity contribution in [1.29, 1.82) is 0 Å². The maximum atomic E-state index is 14.0. The molecule has 6 aromatic rings. The number of nitrogens with two attached hydrogens (primary N) is 1. The van der Waals surface area contributed by atoms with Gasteiger partial charge in [0, 0.05) is 29.4 Å². The Morgan fingerprint density at radius 3 is 2.52 bits per heavy atom. The first-order valence-corrected chi connectivity index (χ1v) is 15.4. The van der Waals surface area contributed by atoms with Gasteiger partial charge in [-0.3, -0.25) is 14.5 Å². The molecular weight excluding hydrogens is 658 g/mol. The zero-order chi connectivity index (χ0) is 34.2. The highest BCUT2D eigenvalue weighted by molar-refractivity contribution is 7.92. The molecule has 0 aliphatic heterocycles. The number of nitrogens with one attached hydrogen (secondary N) is 2. The van der Waals surface area contributed by atoms with Gasteiger partial charge in [0.25, 0.3) is 16.4 Å². The molecule has 2 aromatic carbocycles. The average molecular weight is 682 g/mol. The van der Waals surface area contributed by atoms with E-state index in [9.17, 15) is 30.8 Å². The van der Waals surface area contributed by atoms with Gasteiger partial charge in [-0.05, 0) is 55.0 Å². The molecule has 6 rings (SSSR count). The smallest absolute Gasteiger partial charge is 0.272 e. The van der Waals surface area contributed by atoms with Crippen molar-refractivity contribution in [3.63, 3.8) is 0 Å². The maximum absolute atomic E-state index is 14.0. The minimum absolute atomic E-state index is 0.0126. The van der Waals surface area contributed by atoms with E-state index >= 15 is 0 Å². The van der Waals surface area contributed by atoms with Crippen LogP contribution in [0.3, 0.4) is 0 Å². The number of aromatic amines is 1. The second-order valence-electron chi connectivity index (χ2n) is 10.3. The fourth-order valence-corrected chi connectivity index (χ4v) is 5.72. The van der Waals surface area contributed by atoms with E-state index < -0.39 is 46.2 Å². The number of anilines is 2. The summed E-state index contributed by atoms with van der Waals surface area (Å²) in [5.41, 5.74) is 7.28. The van der Waals surface area contributed by atoms with Gasteiger partial charge in [0.2, 0.25) is 17.4 Å². The highest BCUT2D eigenvalue weighted by Gasteiger charge is 2.23. The van der Waals surface area contributed by atoms with Gasteiger partial charge in [-0.25, -0.2) is 35.6 Å². The number of para-hydroxylation sites is 1. The van der Waals surface area contributed by atoms with Crippen LogP contribution in [0.15, 0.2) is 84.3 Å². The predicted molar refractivity (Wildman–Crippen MR) is 165 cm³/mol. The molecule has 4 heterocycles. The summed E-state index contributed by atoms with van der Waals surface area (Å²) in [6.07, 6.45) is 2.19. The second kappa shape index (κ2) is 12.7. The first kappa shape index (κ1) is 32.0. The van der Waals surface area contributed by atoms with E-state index in [1.807, 2.05) is 0 Å². The van der Waals surface area contributed by atoms with Crippen LogP contribution < -0.4 is 19.9 Å². The SMILES string of the molecule is Cc1cc(Oc2c(F)cccc2F)ncc1-n1ncc(C(=O)c2cc3cc(OCC(F)F)c(NS(=O)(=O)c4cccnc4)cc3[nH]2)c1N. The fourth-order valence-electron chi connectivity index (χ4n) is 4.70. The van der Waals surface area contributed by atoms with Gasteiger partial charge in [0.1, 0.15) is 23.1 Å². The summed E-state index contributed by atoms with van der Waals surface area (Å²) in [6.45, 7) is 0.635. The summed E-state index contributed by atoms with van der Waals surface area (Å²) in [7, 11) is -4.19.